The second-order valence-electron chi connectivity index (χ2n) is 11.8. The van der Waals surface area contributed by atoms with E-state index in [0.29, 0.717) is 0 Å². The Labute approximate surface area is 266 Å². The first-order valence-electron chi connectivity index (χ1n) is 15.5. The summed E-state index contributed by atoms with van der Waals surface area (Å²) in [5, 5.41) is 8.80. The van der Waals surface area contributed by atoms with E-state index in [2.05, 4.69) is 132 Å². The molecule has 5 aromatic carbocycles. The number of thiophene rings is 1. The van der Waals surface area contributed by atoms with Crippen LogP contribution in [0.25, 0.3) is 49.9 Å². The van der Waals surface area contributed by atoms with E-state index in [0.717, 1.165) is 40.9 Å². The van der Waals surface area contributed by atoms with Crippen molar-refractivity contribution in [2.45, 2.75) is 18.9 Å². The van der Waals surface area contributed by atoms with Crippen molar-refractivity contribution < 1.29 is 0 Å². The third-order valence-electron chi connectivity index (χ3n) is 9.00. The molecule has 0 saturated heterocycles. The molecule has 0 radical (unpaired) electrons. The Morgan fingerprint density at radius 1 is 0.689 bits per heavy atom. The highest BCUT2D eigenvalue weighted by Gasteiger charge is 2.30. The topological polar surface area (TPSA) is 37.3 Å². The number of aryl methyl sites for hydroxylation is 1. The Bertz CT molecular complexity index is 2240. The number of allylic oxidation sites excluding steroid dienone is 1. The predicted octanol–water partition coefficient (Wildman–Crippen LogP) is 10.7. The summed E-state index contributed by atoms with van der Waals surface area (Å²) >= 11 is 1.91. The van der Waals surface area contributed by atoms with E-state index in [4.69, 9.17) is 4.99 Å². The summed E-state index contributed by atoms with van der Waals surface area (Å²) in [5.74, 6) is 0.896. The number of anilines is 1. The fourth-order valence-electron chi connectivity index (χ4n) is 6.89. The summed E-state index contributed by atoms with van der Waals surface area (Å²) in [6, 6.07) is 41.4. The molecule has 4 heteroatoms. The quantitative estimate of drug-likeness (QED) is 0.206. The van der Waals surface area contributed by atoms with Gasteiger partial charge in [0.1, 0.15) is 11.9 Å². The molecular weight excluding hydrogens is 567 g/mol. The Hall–Kier alpha value is -5.32. The van der Waals surface area contributed by atoms with Crippen LogP contribution in [-0.2, 0) is 6.42 Å². The SMILES string of the molecule is C1=Cc2c(sc3c2NC(c2cc(-c4cccnc4)cc(-c4c5ccccc5cc5ccccc45)c2)=NC3c2ccccc2)CC1. The number of nitrogens with one attached hydrogen (secondary N) is 1. The highest BCUT2D eigenvalue weighted by Crippen LogP contribution is 2.47. The number of benzene rings is 5. The van der Waals surface area contributed by atoms with Crippen LogP contribution in [0.4, 0.5) is 5.69 Å². The Balaban J connectivity index is 1.30. The van der Waals surface area contributed by atoms with Crippen LogP contribution in [0.15, 0.2) is 139 Å². The number of hydrogen-bond donors (Lipinski definition) is 1. The lowest BCUT2D eigenvalue weighted by molar-refractivity contribution is 0.885. The molecule has 7 aromatic rings. The molecule has 0 fully saturated rings. The Morgan fingerprint density at radius 3 is 2.20 bits per heavy atom. The fourth-order valence-corrected chi connectivity index (χ4v) is 8.22. The van der Waals surface area contributed by atoms with Gasteiger partial charge in [-0.3, -0.25) is 9.98 Å². The van der Waals surface area contributed by atoms with Gasteiger partial charge in [0.15, 0.2) is 0 Å². The Kier molecular flexibility index (Phi) is 6.20. The molecule has 0 saturated carbocycles. The highest BCUT2D eigenvalue weighted by molar-refractivity contribution is 7.13. The van der Waals surface area contributed by atoms with Gasteiger partial charge in [-0.1, -0.05) is 97.1 Å². The number of aromatic nitrogens is 1. The van der Waals surface area contributed by atoms with Crippen molar-refractivity contribution in [2.24, 2.45) is 4.99 Å². The summed E-state index contributed by atoms with van der Waals surface area (Å²) in [5.41, 5.74) is 9.40. The van der Waals surface area contributed by atoms with Crippen molar-refractivity contribution in [3.05, 3.63) is 160 Å². The van der Waals surface area contributed by atoms with Gasteiger partial charge in [-0.25, -0.2) is 0 Å². The van der Waals surface area contributed by atoms with Gasteiger partial charge in [0.25, 0.3) is 0 Å². The molecule has 1 aliphatic carbocycles. The number of fused-ring (bicyclic) bond motifs is 5. The van der Waals surface area contributed by atoms with Crippen molar-refractivity contribution >= 4 is 50.5 Å². The van der Waals surface area contributed by atoms with Gasteiger partial charge >= 0.3 is 0 Å². The Morgan fingerprint density at radius 2 is 1.42 bits per heavy atom. The van der Waals surface area contributed by atoms with Crippen molar-refractivity contribution in [3.63, 3.8) is 0 Å². The molecule has 3 heterocycles. The summed E-state index contributed by atoms with van der Waals surface area (Å²) < 4.78 is 0. The molecule has 0 amide bonds. The first-order chi connectivity index (χ1) is 22.3. The second-order valence-corrected chi connectivity index (χ2v) is 12.9. The minimum Gasteiger partial charge on any atom is -0.339 e. The average Bonchev–Trinajstić information content (AvgIpc) is 3.49. The standard InChI is InChI=1S/C41H29N3S/c1-2-11-26(12-3-1)38-40-39(35-18-8-9-19-36(35)45-40)44-41(43-38)32-23-30(29-15-10-20-42-25-29)22-31(24-32)37-33-16-6-4-13-27(33)21-28-14-5-7-17-34(28)37/h1-8,10-18,20-25,38H,9,19H2,(H,43,44). The molecule has 2 aliphatic rings. The van der Waals surface area contributed by atoms with Crippen LogP contribution in [0.3, 0.4) is 0 Å². The van der Waals surface area contributed by atoms with Crippen LogP contribution in [-0.4, -0.2) is 10.8 Å². The minimum atomic E-state index is -0.0645. The van der Waals surface area contributed by atoms with E-state index in [-0.39, 0.29) is 6.04 Å². The molecule has 45 heavy (non-hydrogen) atoms. The molecule has 9 rings (SSSR count). The zero-order chi connectivity index (χ0) is 29.7. The maximum atomic E-state index is 5.48. The number of hydrogen-bond acceptors (Lipinski definition) is 4. The molecule has 0 bridgehead atoms. The van der Waals surface area contributed by atoms with Crippen molar-refractivity contribution in [1.29, 1.82) is 0 Å². The van der Waals surface area contributed by atoms with Gasteiger partial charge in [-0.15, -0.1) is 11.3 Å². The van der Waals surface area contributed by atoms with E-state index >= 15 is 0 Å². The van der Waals surface area contributed by atoms with E-state index in [1.807, 2.05) is 29.8 Å². The fraction of sp³-hybridized carbons (Fsp3) is 0.0732. The van der Waals surface area contributed by atoms with E-state index in [1.165, 1.54) is 53.7 Å². The summed E-state index contributed by atoms with van der Waals surface area (Å²) in [6.45, 7) is 0. The zero-order valence-corrected chi connectivity index (χ0v) is 25.4. The lowest BCUT2D eigenvalue weighted by Gasteiger charge is -2.25. The number of amidine groups is 1. The highest BCUT2D eigenvalue weighted by atomic mass is 32.1. The first kappa shape index (κ1) is 26.1. The first-order valence-corrected chi connectivity index (χ1v) is 16.3. The van der Waals surface area contributed by atoms with E-state index in [1.54, 1.807) is 0 Å². The van der Waals surface area contributed by atoms with E-state index < -0.39 is 0 Å². The third-order valence-corrected chi connectivity index (χ3v) is 10.3. The van der Waals surface area contributed by atoms with Crippen LogP contribution in [0.2, 0.25) is 0 Å². The van der Waals surface area contributed by atoms with Gasteiger partial charge in [-0.05, 0) is 87.0 Å². The maximum absolute atomic E-state index is 5.48. The minimum absolute atomic E-state index is 0.0645. The van der Waals surface area contributed by atoms with Gasteiger partial charge in [0.2, 0.25) is 0 Å². The lowest BCUT2D eigenvalue weighted by atomic mass is 9.89. The summed E-state index contributed by atoms with van der Waals surface area (Å²) in [6.07, 6.45) is 10.5. The number of pyridine rings is 1. The zero-order valence-electron chi connectivity index (χ0n) is 24.6. The molecule has 3 nitrogen and oxygen atoms in total. The molecule has 1 atom stereocenters. The predicted molar refractivity (Wildman–Crippen MR) is 190 cm³/mol. The molecule has 1 unspecified atom stereocenters. The van der Waals surface area contributed by atoms with Crippen LogP contribution in [0, 0.1) is 0 Å². The van der Waals surface area contributed by atoms with Crippen molar-refractivity contribution in [2.75, 3.05) is 5.32 Å². The van der Waals surface area contributed by atoms with Crippen LogP contribution < -0.4 is 5.32 Å². The molecule has 2 aromatic heterocycles. The largest absolute Gasteiger partial charge is 0.339 e. The summed E-state index contributed by atoms with van der Waals surface area (Å²) in [7, 11) is 0. The number of aliphatic imine (C=N–C) groups is 1. The monoisotopic (exact) mass is 595 g/mol. The lowest BCUT2D eigenvalue weighted by Crippen LogP contribution is -2.21. The molecule has 0 spiro atoms. The molecule has 214 valence electrons. The van der Waals surface area contributed by atoms with Crippen molar-refractivity contribution in [1.82, 2.24) is 4.98 Å². The van der Waals surface area contributed by atoms with Gasteiger partial charge in [-0.2, -0.15) is 0 Å². The van der Waals surface area contributed by atoms with E-state index in [9.17, 15) is 0 Å². The van der Waals surface area contributed by atoms with Gasteiger partial charge in [0, 0.05) is 34.0 Å². The maximum Gasteiger partial charge on any atom is 0.133 e. The van der Waals surface area contributed by atoms with Crippen LogP contribution in [0.1, 0.15) is 38.9 Å². The second kappa shape index (κ2) is 10.7. The van der Waals surface area contributed by atoms with Crippen molar-refractivity contribution in [3.8, 4) is 22.3 Å². The van der Waals surface area contributed by atoms with Crippen LogP contribution in [0.5, 0.6) is 0 Å². The smallest absolute Gasteiger partial charge is 0.133 e. The molecular formula is C41H29N3S. The van der Waals surface area contributed by atoms with Gasteiger partial charge in [0.05, 0.1) is 10.6 Å². The normalized spacial score (nSPS) is 15.4. The molecule has 1 aliphatic heterocycles. The number of rotatable bonds is 4. The average molecular weight is 596 g/mol. The van der Waals surface area contributed by atoms with Crippen LogP contribution >= 0.6 is 11.3 Å². The molecule has 1 N–H and O–H groups in total. The third kappa shape index (κ3) is 4.49. The summed E-state index contributed by atoms with van der Waals surface area (Å²) in [4.78, 5) is 12.7. The van der Waals surface area contributed by atoms with Gasteiger partial charge < -0.3 is 5.32 Å². The number of nitrogens with zero attached hydrogens (tertiary/aromatic N) is 2.